The molecule has 8 nitrogen and oxygen atoms in total. The summed E-state index contributed by atoms with van der Waals surface area (Å²) in [4.78, 5) is 42.4. The maximum absolute atomic E-state index is 12.8. The van der Waals surface area contributed by atoms with Crippen LogP contribution in [0.2, 0.25) is 0 Å². The summed E-state index contributed by atoms with van der Waals surface area (Å²) in [6.07, 6.45) is 0.437. The molecule has 0 spiro atoms. The largest absolute Gasteiger partial charge is 0.306 e. The van der Waals surface area contributed by atoms with Crippen molar-refractivity contribution >= 4 is 50.8 Å². The van der Waals surface area contributed by atoms with E-state index in [1.165, 1.54) is 11.3 Å². The third-order valence-electron chi connectivity index (χ3n) is 4.98. The Morgan fingerprint density at radius 3 is 2.45 bits per heavy atom. The highest BCUT2D eigenvalue weighted by atomic mass is 32.1. The zero-order valence-electron chi connectivity index (χ0n) is 16.5. The van der Waals surface area contributed by atoms with E-state index in [0.29, 0.717) is 22.2 Å². The van der Waals surface area contributed by atoms with Gasteiger partial charge in [-0.1, -0.05) is 23.5 Å². The number of para-hydroxylation sites is 1. The van der Waals surface area contributed by atoms with Crippen LogP contribution in [0.5, 0.6) is 0 Å². The molecule has 1 aliphatic heterocycles. The normalized spacial score (nSPS) is 13.9. The Hall–Kier alpha value is -3.85. The zero-order valence-corrected chi connectivity index (χ0v) is 17.3. The van der Waals surface area contributed by atoms with Crippen molar-refractivity contribution in [3.63, 3.8) is 0 Å². The van der Waals surface area contributed by atoms with E-state index in [1.54, 1.807) is 35.0 Å². The molecule has 2 aromatic carbocycles. The number of thiazole rings is 1. The van der Waals surface area contributed by atoms with Gasteiger partial charge in [0.25, 0.3) is 5.91 Å². The number of aromatic nitrogens is 3. The van der Waals surface area contributed by atoms with Gasteiger partial charge in [-0.05, 0) is 43.3 Å². The van der Waals surface area contributed by atoms with Gasteiger partial charge in [-0.25, -0.2) is 4.98 Å². The number of hydrogen-bond acceptors (Lipinski definition) is 6. The standard InChI is InChI=1S/C22H17N5O3S/c1-13-12-18(27(25-13)22-23-16-4-2-3-5-17(16)31-22)24-21(30)14-6-8-15(9-7-14)26-19(28)10-11-20(26)29/h2-9,12H,10-11H2,1H3,(H,24,30). The van der Waals surface area contributed by atoms with Crippen molar-refractivity contribution in [1.82, 2.24) is 14.8 Å². The predicted octanol–water partition coefficient (Wildman–Crippen LogP) is 3.70. The first-order chi connectivity index (χ1) is 15.0. The molecule has 1 aliphatic rings. The van der Waals surface area contributed by atoms with Gasteiger partial charge in [0.15, 0.2) is 0 Å². The van der Waals surface area contributed by atoms with Crippen LogP contribution in [-0.4, -0.2) is 32.5 Å². The Balaban J connectivity index is 1.40. The molecule has 4 aromatic rings. The quantitative estimate of drug-likeness (QED) is 0.497. The van der Waals surface area contributed by atoms with E-state index in [9.17, 15) is 14.4 Å². The van der Waals surface area contributed by atoms with Crippen LogP contribution in [0.4, 0.5) is 11.5 Å². The molecule has 0 radical (unpaired) electrons. The molecule has 5 rings (SSSR count). The second-order valence-electron chi connectivity index (χ2n) is 7.17. The number of carbonyl (C=O) groups excluding carboxylic acids is 3. The van der Waals surface area contributed by atoms with Gasteiger partial charge in [-0.15, -0.1) is 0 Å². The highest BCUT2D eigenvalue weighted by Gasteiger charge is 2.30. The number of hydrogen-bond donors (Lipinski definition) is 1. The number of amides is 3. The number of imide groups is 1. The molecule has 0 bridgehead atoms. The monoisotopic (exact) mass is 431 g/mol. The SMILES string of the molecule is Cc1cc(NC(=O)c2ccc(N3C(=O)CCC3=O)cc2)n(-c2nc3ccccc3s2)n1. The van der Waals surface area contributed by atoms with E-state index in [0.717, 1.165) is 20.8 Å². The van der Waals surface area contributed by atoms with Gasteiger partial charge >= 0.3 is 0 Å². The van der Waals surface area contributed by atoms with Crippen LogP contribution in [0.15, 0.2) is 54.6 Å². The molecular formula is C22H17N5O3S. The molecule has 3 heterocycles. The second-order valence-corrected chi connectivity index (χ2v) is 8.18. The van der Waals surface area contributed by atoms with Crippen LogP contribution in [0.3, 0.4) is 0 Å². The Morgan fingerprint density at radius 1 is 1.03 bits per heavy atom. The average Bonchev–Trinajstić information content (AvgIpc) is 3.44. The summed E-state index contributed by atoms with van der Waals surface area (Å²) >= 11 is 1.49. The number of anilines is 2. The molecule has 0 unspecified atom stereocenters. The van der Waals surface area contributed by atoms with Crippen molar-refractivity contribution in [2.45, 2.75) is 19.8 Å². The smallest absolute Gasteiger partial charge is 0.256 e. The lowest BCUT2D eigenvalue weighted by Crippen LogP contribution is -2.28. The predicted molar refractivity (Wildman–Crippen MR) is 118 cm³/mol. The first-order valence-corrected chi connectivity index (χ1v) is 10.5. The van der Waals surface area contributed by atoms with E-state index < -0.39 is 0 Å². The van der Waals surface area contributed by atoms with Crippen molar-refractivity contribution < 1.29 is 14.4 Å². The number of rotatable bonds is 4. The summed E-state index contributed by atoms with van der Waals surface area (Å²) in [5, 5.41) is 8.01. The fourth-order valence-corrected chi connectivity index (χ4v) is 4.43. The van der Waals surface area contributed by atoms with Gasteiger partial charge in [-0.3, -0.25) is 19.3 Å². The van der Waals surface area contributed by atoms with E-state index in [1.807, 2.05) is 31.2 Å². The third-order valence-corrected chi connectivity index (χ3v) is 5.99. The second kappa shape index (κ2) is 7.44. The minimum atomic E-state index is -0.326. The van der Waals surface area contributed by atoms with Gasteiger partial charge in [0, 0.05) is 24.5 Å². The van der Waals surface area contributed by atoms with Crippen LogP contribution in [0.1, 0.15) is 28.9 Å². The molecule has 1 fully saturated rings. The fourth-order valence-electron chi connectivity index (χ4n) is 3.50. The number of fused-ring (bicyclic) bond motifs is 1. The van der Waals surface area contributed by atoms with Crippen LogP contribution in [0.25, 0.3) is 15.3 Å². The van der Waals surface area contributed by atoms with Gasteiger partial charge < -0.3 is 5.32 Å². The van der Waals surface area contributed by atoms with Crippen molar-refractivity contribution in [3.8, 4) is 5.13 Å². The first-order valence-electron chi connectivity index (χ1n) is 9.69. The minimum absolute atomic E-state index is 0.218. The van der Waals surface area contributed by atoms with Crippen LogP contribution in [-0.2, 0) is 9.59 Å². The summed E-state index contributed by atoms with van der Waals surface area (Å²) < 4.78 is 2.65. The minimum Gasteiger partial charge on any atom is -0.306 e. The lowest BCUT2D eigenvalue weighted by atomic mass is 10.2. The first kappa shape index (κ1) is 19.1. The third kappa shape index (κ3) is 3.49. The van der Waals surface area contributed by atoms with Crippen molar-refractivity contribution in [2.24, 2.45) is 0 Å². The molecule has 1 N–H and O–H groups in total. The van der Waals surface area contributed by atoms with E-state index in [-0.39, 0.29) is 30.6 Å². The molecule has 154 valence electrons. The van der Waals surface area contributed by atoms with Crippen molar-refractivity contribution in [2.75, 3.05) is 10.2 Å². The number of carbonyl (C=O) groups is 3. The fraction of sp³-hybridized carbons (Fsp3) is 0.136. The summed E-state index contributed by atoms with van der Waals surface area (Å²) in [7, 11) is 0. The molecule has 9 heteroatoms. The highest BCUT2D eigenvalue weighted by molar-refractivity contribution is 7.20. The van der Waals surface area contributed by atoms with Crippen LogP contribution >= 0.6 is 11.3 Å². The molecule has 0 atom stereocenters. The number of nitrogens with one attached hydrogen (secondary N) is 1. The Kier molecular flexibility index (Phi) is 4.59. The van der Waals surface area contributed by atoms with Gasteiger partial charge in [0.05, 0.1) is 21.6 Å². The van der Waals surface area contributed by atoms with Crippen molar-refractivity contribution in [1.29, 1.82) is 0 Å². The number of benzene rings is 2. The maximum atomic E-state index is 12.8. The molecular weight excluding hydrogens is 414 g/mol. The number of nitrogens with zero attached hydrogens (tertiary/aromatic N) is 4. The summed E-state index contributed by atoms with van der Waals surface area (Å²) in [6, 6.07) is 16.0. The number of aryl methyl sites for hydroxylation is 1. The molecule has 0 saturated carbocycles. The summed E-state index contributed by atoms with van der Waals surface area (Å²) in [5.74, 6) is -0.266. The molecule has 1 saturated heterocycles. The molecule has 0 aliphatic carbocycles. The zero-order chi connectivity index (χ0) is 21.5. The van der Waals surface area contributed by atoms with Crippen LogP contribution < -0.4 is 10.2 Å². The lowest BCUT2D eigenvalue weighted by Gasteiger charge is -2.14. The van der Waals surface area contributed by atoms with E-state index in [2.05, 4.69) is 15.4 Å². The van der Waals surface area contributed by atoms with Crippen LogP contribution in [0, 0.1) is 6.92 Å². The Labute approximate surface area is 181 Å². The van der Waals surface area contributed by atoms with Gasteiger partial charge in [0.1, 0.15) is 5.82 Å². The molecule has 3 amide bonds. The average molecular weight is 431 g/mol. The van der Waals surface area contributed by atoms with E-state index in [4.69, 9.17) is 0 Å². The lowest BCUT2D eigenvalue weighted by molar-refractivity contribution is -0.121. The Bertz CT molecular complexity index is 1290. The van der Waals surface area contributed by atoms with Crippen molar-refractivity contribution in [3.05, 3.63) is 65.9 Å². The molecule has 31 heavy (non-hydrogen) atoms. The summed E-state index contributed by atoms with van der Waals surface area (Å²) in [6.45, 7) is 1.85. The van der Waals surface area contributed by atoms with Gasteiger partial charge in [0.2, 0.25) is 16.9 Å². The molecule has 2 aromatic heterocycles. The van der Waals surface area contributed by atoms with E-state index >= 15 is 0 Å². The Morgan fingerprint density at radius 2 is 1.74 bits per heavy atom. The highest BCUT2D eigenvalue weighted by Crippen LogP contribution is 2.27. The maximum Gasteiger partial charge on any atom is 0.256 e. The summed E-state index contributed by atoms with van der Waals surface area (Å²) in [5.41, 5.74) is 2.49. The topological polar surface area (TPSA) is 97.2 Å². The van der Waals surface area contributed by atoms with Gasteiger partial charge in [-0.2, -0.15) is 9.78 Å².